The first kappa shape index (κ1) is 27.2. The second-order valence-electron chi connectivity index (χ2n) is 9.81. The zero-order valence-corrected chi connectivity index (χ0v) is 22.1. The molecule has 1 aliphatic rings. The summed E-state index contributed by atoms with van der Waals surface area (Å²) in [5.74, 6) is -1.62. The van der Waals surface area contributed by atoms with Gasteiger partial charge in [0.15, 0.2) is 0 Å². The number of carbonyl (C=O) groups excluding carboxylic acids is 1. The van der Waals surface area contributed by atoms with Crippen LogP contribution in [-0.2, 0) is 11.8 Å². The van der Waals surface area contributed by atoms with E-state index in [-0.39, 0.29) is 23.4 Å². The van der Waals surface area contributed by atoms with Crippen molar-refractivity contribution in [2.24, 2.45) is 23.7 Å². The molecule has 2 N–H and O–H groups in total. The highest BCUT2D eigenvalue weighted by atomic mass is 19.4. The molecule has 2 unspecified atom stereocenters. The molecule has 2 heterocycles. The third-order valence-electron chi connectivity index (χ3n) is 7.16. The fraction of sp³-hybridized carbons (Fsp3) is 0.393. The molecule has 0 spiro atoms. The van der Waals surface area contributed by atoms with Gasteiger partial charge in [-0.25, -0.2) is 0 Å². The van der Waals surface area contributed by atoms with Crippen LogP contribution in [0.1, 0.15) is 42.3 Å². The Morgan fingerprint density at radius 2 is 1.87 bits per heavy atom. The summed E-state index contributed by atoms with van der Waals surface area (Å²) >= 11 is 0. The molecule has 0 radical (unpaired) electrons. The highest BCUT2D eigenvalue weighted by molar-refractivity contribution is 6.06. The van der Waals surface area contributed by atoms with Crippen molar-refractivity contribution in [3.05, 3.63) is 65.0 Å². The lowest BCUT2D eigenvalue weighted by Crippen LogP contribution is -2.43. The van der Waals surface area contributed by atoms with Crippen molar-refractivity contribution >= 4 is 17.4 Å². The normalized spacial score (nSPS) is 18.5. The Kier molecular flexibility index (Phi) is 7.53. The molecule has 2 atom stereocenters. The minimum atomic E-state index is -4.88. The molecule has 1 aromatic heterocycles. The van der Waals surface area contributed by atoms with Crippen LogP contribution in [0.25, 0.3) is 11.1 Å². The molecule has 3 aromatic rings. The number of hydrogen-bond acceptors (Lipinski definition) is 4. The predicted molar refractivity (Wildman–Crippen MR) is 141 cm³/mol. The fourth-order valence-corrected chi connectivity index (χ4v) is 5.18. The number of aliphatic imine (C=N–C) groups is 1. The van der Waals surface area contributed by atoms with E-state index in [0.29, 0.717) is 19.4 Å². The number of amidine groups is 1. The summed E-state index contributed by atoms with van der Waals surface area (Å²) in [6.45, 7) is 8.81. The van der Waals surface area contributed by atoms with Crippen LogP contribution in [0.5, 0.6) is 5.75 Å². The number of halogens is 3. The molecule has 7 nitrogen and oxygen atoms in total. The van der Waals surface area contributed by atoms with Crippen LogP contribution in [0.15, 0.2) is 47.5 Å². The molecule has 4 rings (SSSR count). The van der Waals surface area contributed by atoms with Gasteiger partial charge in [0, 0.05) is 42.5 Å². The van der Waals surface area contributed by atoms with E-state index >= 15 is 0 Å². The quantitative estimate of drug-likeness (QED) is 0.352. The van der Waals surface area contributed by atoms with Gasteiger partial charge in [-0.2, -0.15) is 10.1 Å². The van der Waals surface area contributed by atoms with Gasteiger partial charge in [-0.15, -0.1) is 13.2 Å². The number of carbonyl (C=O) groups is 1. The van der Waals surface area contributed by atoms with Crippen molar-refractivity contribution in [1.29, 1.82) is 0 Å². The third-order valence-corrected chi connectivity index (χ3v) is 7.16. The maximum Gasteiger partial charge on any atom is 0.573 e. The molecule has 1 saturated heterocycles. The molecule has 0 aliphatic carbocycles. The first-order chi connectivity index (χ1) is 17.9. The van der Waals surface area contributed by atoms with Gasteiger partial charge in [-0.1, -0.05) is 24.3 Å². The lowest BCUT2D eigenvalue weighted by Gasteiger charge is -2.39. The zero-order chi connectivity index (χ0) is 27.8. The lowest BCUT2D eigenvalue weighted by molar-refractivity contribution is -0.274. The van der Waals surface area contributed by atoms with Crippen molar-refractivity contribution in [2.45, 2.75) is 52.9 Å². The van der Waals surface area contributed by atoms with Gasteiger partial charge in [0.2, 0.25) is 0 Å². The number of anilines is 1. The van der Waals surface area contributed by atoms with Gasteiger partial charge in [-0.3, -0.25) is 9.48 Å². The molecule has 0 bridgehead atoms. The van der Waals surface area contributed by atoms with Gasteiger partial charge in [-0.05, 0) is 69.9 Å². The fourth-order valence-electron chi connectivity index (χ4n) is 5.18. The molecular formula is C28H32F3N5O2. The van der Waals surface area contributed by atoms with Gasteiger partial charge in [0.25, 0.3) is 5.91 Å². The standard InChI is InChI=1S/C28H32F3N5O2/c1-16-10-11-20(25-18(3)34-35(5)19(25)4)15-23(16)36-13-12-21(14-17(36)2)27(37)33-26(32)22-8-6-7-9-24(22)38-28(29,30)31/h6-11,15,17,21H,12-14H2,1-5H3,(H2,32,33,37). The number of nitrogens with two attached hydrogens (primary N) is 1. The molecule has 38 heavy (non-hydrogen) atoms. The van der Waals surface area contributed by atoms with Crippen LogP contribution < -0.4 is 15.4 Å². The first-order valence-corrected chi connectivity index (χ1v) is 12.5. The van der Waals surface area contributed by atoms with Crippen LogP contribution in [0, 0.1) is 26.7 Å². The number of alkyl halides is 3. The van der Waals surface area contributed by atoms with Crippen LogP contribution in [0.2, 0.25) is 0 Å². The van der Waals surface area contributed by atoms with E-state index in [1.807, 2.05) is 18.7 Å². The second kappa shape index (κ2) is 10.5. The first-order valence-electron chi connectivity index (χ1n) is 12.5. The van der Waals surface area contributed by atoms with Crippen LogP contribution in [0.4, 0.5) is 18.9 Å². The van der Waals surface area contributed by atoms with E-state index in [1.165, 1.54) is 18.2 Å². The Hall–Kier alpha value is -3.82. The molecule has 1 aliphatic heterocycles. The van der Waals surface area contributed by atoms with E-state index in [0.717, 1.165) is 39.8 Å². The summed E-state index contributed by atoms with van der Waals surface area (Å²) in [7, 11) is 1.93. The number of piperidine rings is 1. The number of aromatic nitrogens is 2. The number of amides is 1. The maximum atomic E-state index is 13.0. The highest BCUT2D eigenvalue weighted by Crippen LogP contribution is 2.36. The smallest absolute Gasteiger partial charge is 0.405 e. The Labute approximate surface area is 220 Å². The summed E-state index contributed by atoms with van der Waals surface area (Å²) in [4.78, 5) is 19.3. The number of hydrogen-bond donors (Lipinski definition) is 1. The SMILES string of the molecule is Cc1ccc(-c2c(C)nn(C)c2C)cc1N1CCC(C(=O)N=C(N)c2ccccc2OC(F)(F)F)CC1C. The molecule has 1 fully saturated rings. The number of benzene rings is 2. The third kappa shape index (κ3) is 5.69. The largest absolute Gasteiger partial charge is 0.573 e. The minimum Gasteiger partial charge on any atom is -0.405 e. The summed E-state index contributed by atoms with van der Waals surface area (Å²) in [5.41, 5.74) is 12.4. The van der Waals surface area contributed by atoms with Gasteiger partial charge < -0.3 is 15.4 Å². The van der Waals surface area contributed by atoms with Crippen LogP contribution in [0.3, 0.4) is 0 Å². The zero-order valence-electron chi connectivity index (χ0n) is 22.1. The van der Waals surface area contributed by atoms with Crippen molar-refractivity contribution in [3.63, 3.8) is 0 Å². The van der Waals surface area contributed by atoms with Crippen molar-refractivity contribution in [1.82, 2.24) is 9.78 Å². The summed E-state index contributed by atoms with van der Waals surface area (Å²) < 4.78 is 44.2. The van der Waals surface area contributed by atoms with Gasteiger partial charge in [0.05, 0.1) is 11.3 Å². The number of ether oxygens (including phenoxy) is 1. The molecule has 0 saturated carbocycles. The monoisotopic (exact) mass is 527 g/mol. The number of para-hydroxylation sites is 1. The predicted octanol–water partition coefficient (Wildman–Crippen LogP) is 5.45. The number of nitrogens with zero attached hydrogens (tertiary/aromatic N) is 4. The lowest BCUT2D eigenvalue weighted by atomic mass is 9.89. The van der Waals surface area contributed by atoms with E-state index < -0.39 is 18.0 Å². The van der Waals surface area contributed by atoms with Gasteiger partial charge >= 0.3 is 6.36 Å². The average Bonchev–Trinajstić information content (AvgIpc) is 3.09. The Morgan fingerprint density at radius 1 is 1.16 bits per heavy atom. The Bertz CT molecular complexity index is 1380. The molecular weight excluding hydrogens is 495 g/mol. The van der Waals surface area contributed by atoms with Crippen molar-refractivity contribution in [2.75, 3.05) is 11.4 Å². The maximum absolute atomic E-state index is 13.0. The number of aryl methyl sites for hydroxylation is 3. The second-order valence-corrected chi connectivity index (χ2v) is 9.81. The summed E-state index contributed by atoms with van der Waals surface area (Å²) in [6.07, 6.45) is -3.79. The van der Waals surface area contributed by atoms with Crippen molar-refractivity contribution < 1.29 is 22.7 Å². The molecule has 10 heteroatoms. The van der Waals surface area contributed by atoms with E-state index in [2.05, 4.69) is 58.7 Å². The van der Waals surface area contributed by atoms with Crippen LogP contribution in [-0.4, -0.2) is 40.5 Å². The number of rotatable bonds is 5. The topological polar surface area (TPSA) is 85.7 Å². The Morgan fingerprint density at radius 3 is 2.50 bits per heavy atom. The van der Waals surface area contributed by atoms with Crippen LogP contribution >= 0.6 is 0 Å². The van der Waals surface area contributed by atoms with Gasteiger partial charge in [0.1, 0.15) is 11.6 Å². The van der Waals surface area contributed by atoms with E-state index in [1.54, 1.807) is 0 Å². The van der Waals surface area contributed by atoms with E-state index in [9.17, 15) is 18.0 Å². The summed E-state index contributed by atoms with van der Waals surface area (Å²) in [6, 6.07) is 11.8. The van der Waals surface area contributed by atoms with E-state index in [4.69, 9.17) is 5.73 Å². The molecule has 2 aromatic carbocycles. The van der Waals surface area contributed by atoms with Crippen molar-refractivity contribution in [3.8, 4) is 16.9 Å². The highest BCUT2D eigenvalue weighted by Gasteiger charge is 2.33. The Balaban J connectivity index is 1.52. The summed E-state index contributed by atoms with van der Waals surface area (Å²) in [5, 5.41) is 4.54. The molecule has 202 valence electrons. The minimum absolute atomic E-state index is 0.0417. The molecule has 1 amide bonds. The average molecular weight is 528 g/mol.